The number of nitrogen functional groups attached to an aromatic ring is 1. The third kappa shape index (κ3) is 4.37. The summed E-state index contributed by atoms with van der Waals surface area (Å²) in [5.74, 6) is 1.50. The van der Waals surface area contributed by atoms with E-state index in [9.17, 15) is 9.59 Å². The van der Waals surface area contributed by atoms with Crippen LogP contribution in [0.25, 0.3) is 33.1 Å². The summed E-state index contributed by atoms with van der Waals surface area (Å²) in [7, 11) is 0. The van der Waals surface area contributed by atoms with Crippen LogP contribution in [0, 0.1) is 26.7 Å². The van der Waals surface area contributed by atoms with Crippen LogP contribution < -0.4 is 11.1 Å². The van der Waals surface area contributed by atoms with Crippen molar-refractivity contribution in [3.05, 3.63) is 64.5 Å². The SMILES string of the molecule is Cc1ncc(-c2cc(C)c3c(c2)c2c(N)ncnc2n3CC(=O)N2[C@@H]3C[C@@H]3C[C@H]2C(=O)Nc2nc(Br)ccc2C)cn1. The van der Waals surface area contributed by atoms with Crippen LogP contribution in [-0.4, -0.2) is 58.3 Å². The molecule has 3 atom stereocenters. The van der Waals surface area contributed by atoms with Crippen molar-refractivity contribution in [2.75, 3.05) is 11.1 Å². The van der Waals surface area contributed by atoms with E-state index in [1.165, 1.54) is 6.33 Å². The number of benzene rings is 1. The molecule has 42 heavy (non-hydrogen) atoms. The van der Waals surface area contributed by atoms with Gasteiger partial charge in [-0.1, -0.05) is 6.07 Å². The van der Waals surface area contributed by atoms with E-state index in [2.05, 4.69) is 52.2 Å². The van der Waals surface area contributed by atoms with Gasteiger partial charge in [-0.05, 0) is 90.4 Å². The molecule has 1 saturated heterocycles. The van der Waals surface area contributed by atoms with Crippen LogP contribution in [0.2, 0.25) is 0 Å². The fraction of sp³-hybridized carbons (Fsp3) is 0.300. The summed E-state index contributed by atoms with van der Waals surface area (Å²) in [4.78, 5) is 51.2. The first-order chi connectivity index (χ1) is 20.2. The first-order valence-corrected chi connectivity index (χ1v) is 14.6. The molecule has 0 spiro atoms. The highest BCUT2D eigenvalue weighted by atomic mass is 79.9. The Balaban J connectivity index is 1.25. The maximum atomic E-state index is 14.1. The maximum Gasteiger partial charge on any atom is 0.248 e. The quantitative estimate of drug-likeness (QED) is 0.274. The molecule has 5 heterocycles. The van der Waals surface area contributed by atoms with Gasteiger partial charge >= 0.3 is 0 Å². The number of likely N-dealkylation sites (tertiary alicyclic amines) is 1. The number of carbonyl (C=O) groups is 2. The number of pyridine rings is 1. The highest BCUT2D eigenvalue weighted by Crippen LogP contribution is 2.48. The van der Waals surface area contributed by atoms with E-state index in [0.717, 1.165) is 39.6 Å². The number of fused-ring (bicyclic) bond motifs is 4. The zero-order valence-corrected chi connectivity index (χ0v) is 24.9. The van der Waals surface area contributed by atoms with Crippen molar-refractivity contribution in [3.8, 4) is 11.1 Å². The van der Waals surface area contributed by atoms with Gasteiger partial charge in [0.2, 0.25) is 11.8 Å². The van der Waals surface area contributed by atoms with Gasteiger partial charge in [-0.3, -0.25) is 9.59 Å². The van der Waals surface area contributed by atoms with Gasteiger partial charge in [0.25, 0.3) is 0 Å². The number of rotatable bonds is 5. The average Bonchev–Trinajstić information content (AvgIpc) is 3.50. The second-order valence-corrected chi connectivity index (χ2v) is 12.0. The predicted molar refractivity (Wildman–Crippen MR) is 162 cm³/mol. The largest absolute Gasteiger partial charge is 0.383 e. The van der Waals surface area contributed by atoms with Crippen molar-refractivity contribution in [2.24, 2.45) is 5.92 Å². The summed E-state index contributed by atoms with van der Waals surface area (Å²) in [5.41, 5.74) is 11.4. The zero-order chi connectivity index (χ0) is 29.3. The van der Waals surface area contributed by atoms with Gasteiger partial charge in [0.1, 0.15) is 46.6 Å². The lowest BCUT2D eigenvalue weighted by molar-refractivity contribution is -0.138. The van der Waals surface area contributed by atoms with Gasteiger partial charge in [0.15, 0.2) is 0 Å². The summed E-state index contributed by atoms with van der Waals surface area (Å²) in [6.45, 7) is 5.75. The highest BCUT2D eigenvalue weighted by Gasteiger charge is 2.56. The van der Waals surface area contributed by atoms with Gasteiger partial charge in [0, 0.05) is 29.4 Å². The van der Waals surface area contributed by atoms with Gasteiger partial charge < -0.3 is 20.5 Å². The predicted octanol–water partition coefficient (Wildman–Crippen LogP) is 4.33. The van der Waals surface area contributed by atoms with E-state index < -0.39 is 6.04 Å². The number of anilines is 2. The second kappa shape index (κ2) is 9.83. The number of nitrogens with two attached hydrogens (primary N) is 1. The Kier molecular flexibility index (Phi) is 6.19. The fourth-order valence-corrected chi connectivity index (χ4v) is 6.56. The third-order valence-corrected chi connectivity index (χ3v) is 8.80. The third-order valence-electron chi connectivity index (χ3n) is 8.36. The molecule has 212 valence electrons. The van der Waals surface area contributed by atoms with Crippen LogP contribution in [0.3, 0.4) is 0 Å². The Bertz CT molecular complexity index is 1920. The molecule has 0 unspecified atom stereocenters. The number of hydrogen-bond acceptors (Lipinski definition) is 8. The van der Waals surface area contributed by atoms with Crippen LogP contribution in [0.1, 0.15) is 29.8 Å². The molecule has 2 aliphatic rings. The molecule has 1 aliphatic heterocycles. The standard InChI is InChI=1S/C30H28BrN9O2/c1-14-4-5-23(31)37-28(14)38-30(42)22-9-18-8-21(18)40(22)24(41)12-39-26-15(2)6-17(19-10-33-16(3)34-11-19)7-20(26)25-27(32)35-13-36-29(25)39/h4-7,10-11,13,18,21-22H,8-9,12H2,1-3H3,(H2,32,35,36)(H,37,38,42)/t18-,21-,22+/m1/s1. The van der Waals surface area contributed by atoms with E-state index in [1.807, 2.05) is 43.5 Å². The average molecular weight is 627 g/mol. The summed E-state index contributed by atoms with van der Waals surface area (Å²) in [5, 5.41) is 4.49. The molecule has 1 aromatic carbocycles. The van der Waals surface area contributed by atoms with Crippen molar-refractivity contribution >= 4 is 61.3 Å². The lowest BCUT2D eigenvalue weighted by Crippen LogP contribution is -2.46. The Morgan fingerprint density at radius 2 is 1.81 bits per heavy atom. The lowest BCUT2D eigenvalue weighted by Gasteiger charge is -2.27. The van der Waals surface area contributed by atoms with E-state index in [4.69, 9.17) is 5.73 Å². The van der Waals surface area contributed by atoms with Crippen LogP contribution >= 0.6 is 15.9 Å². The topological polar surface area (TPSA) is 145 Å². The highest BCUT2D eigenvalue weighted by molar-refractivity contribution is 9.10. The van der Waals surface area contributed by atoms with Crippen LogP contribution in [0.5, 0.6) is 0 Å². The number of carbonyl (C=O) groups excluding carboxylic acids is 2. The van der Waals surface area contributed by atoms with E-state index in [-0.39, 0.29) is 24.4 Å². The molecule has 11 nitrogen and oxygen atoms in total. The molecule has 0 radical (unpaired) electrons. The van der Waals surface area contributed by atoms with Crippen LogP contribution in [0.15, 0.2) is 47.6 Å². The first-order valence-electron chi connectivity index (χ1n) is 13.8. The Hall–Kier alpha value is -4.45. The van der Waals surface area contributed by atoms with Crippen molar-refractivity contribution in [1.82, 2.24) is 34.4 Å². The molecule has 4 aromatic heterocycles. The number of piperidine rings is 1. The minimum absolute atomic E-state index is 0.0193. The monoisotopic (exact) mass is 625 g/mol. The van der Waals surface area contributed by atoms with Gasteiger partial charge in [0.05, 0.1) is 10.9 Å². The molecule has 1 aliphatic carbocycles. The van der Waals surface area contributed by atoms with Crippen molar-refractivity contribution in [1.29, 1.82) is 0 Å². The van der Waals surface area contributed by atoms with Crippen LogP contribution in [-0.2, 0) is 16.1 Å². The zero-order valence-electron chi connectivity index (χ0n) is 23.3. The molecular weight excluding hydrogens is 598 g/mol. The van der Waals surface area contributed by atoms with E-state index >= 15 is 0 Å². The molecule has 3 N–H and O–H groups in total. The minimum Gasteiger partial charge on any atom is -0.383 e. The van der Waals surface area contributed by atoms with Gasteiger partial charge in [-0.15, -0.1) is 0 Å². The second-order valence-electron chi connectivity index (χ2n) is 11.2. The lowest BCUT2D eigenvalue weighted by atomic mass is 10.0. The first kappa shape index (κ1) is 26.4. The Morgan fingerprint density at radius 1 is 1.02 bits per heavy atom. The number of nitrogens with one attached hydrogen (secondary N) is 1. The van der Waals surface area contributed by atoms with Crippen molar-refractivity contribution in [2.45, 2.75) is 52.2 Å². The molecular formula is C30H28BrN9O2. The summed E-state index contributed by atoms with van der Waals surface area (Å²) in [6, 6.07) is 7.28. The fourth-order valence-electron chi connectivity index (χ4n) is 6.25. The Morgan fingerprint density at radius 3 is 2.60 bits per heavy atom. The molecule has 0 bridgehead atoms. The molecule has 2 fully saturated rings. The molecule has 7 rings (SSSR count). The van der Waals surface area contributed by atoms with Crippen molar-refractivity contribution < 1.29 is 9.59 Å². The smallest absolute Gasteiger partial charge is 0.248 e. The molecule has 12 heteroatoms. The molecule has 5 aromatic rings. The summed E-state index contributed by atoms with van der Waals surface area (Å²) in [6.07, 6.45) is 6.55. The normalized spacial score (nSPS) is 19.3. The maximum absolute atomic E-state index is 14.1. The number of aryl methyl sites for hydroxylation is 3. The minimum atomic E-state index is -0.566. The number of hydrogen-bond donors (Lipinski definition) is 2. The molecule has 2 amide bonds. The van der Waals surface area contributed by atoms with Gasteiger partial charge in [-0.25, -0.2) is 24.9 Å². The van der Waals surface area contributed by atoms with Crippen molar-refractivity contribution in [3.63, 3.8) is 0 Å². The number of nitrogens with zero attached hydrogens (tertiary/aromatic N) is 7. The summed E-state index contributed by atoms with van der Waals surface area (Å²) >= 11 is 3.37. The number of amides is 2. The molecule has 1 saturated carbocycles. The Labute approximate surface area is 249 Å². The van der Waals surface area contributed by atoms with E-state index in [1.54, 1.807) is 17.3 Å². The number of aromatic nitrogens is 6. The number of halogens is 1. The van der Waals surface area contributed by atoms with E-state index in [0.29, 0.717) is 45.4 Å². The van der Waals surface area contributed by atoms with Crippen LogP contribution in [0.4, 0.5) is 11.6 Å². The van der Waals surface area contributed by atoms with Gasteiger partial charge in [-0.2, -0.15) is 0 Å². The summed E-state index contributed by atoms with van der Waals surface area (Å²) < 4.78 is 2.53.